The standard InChI is InChI=1S/C41H26N4/c1-2-13-28(14-3-1)33-18-8-9-20-35(33)40-42-39(32-23-22-27-12-4-5-15-29(27)24-32)43-41(44-40)45-37-21-11-10-19-34(37)36-25-30-16-6-7-17-31(30)26-38(36)45/h1-26H. The van der Waals surface area contributed by atoms with Crippen molar-refractivity contribution in [2.24, 2.45) is 0 Å². The molecule has 0 aliphatic heterocycles. The molecule has 0 aliphatic rings. The molecule has 0 saturated carbocycles. The van der Waals surface area contributed by atoms with Crippen LogP contribution < -0.4 is 0 Å². The maximum absolute atomic E-state index is 5.24. The lowest BCUT2D eigenvalue weighted by Gasteiger charge is -2.13. The van der Waals surface area contributed by atoms with Gasteiger partial charge in [0.1, 0.15) is 0 Å². The average molecular weight is 575 g/mol. The van der Waals surface area contributed by atoms with E-state index >= 15 is 0 Å². The van der Waals surface area contributed by atoms with Gasteiger partial charge in [0.15, 0.2) is 11.6 Å². The topological polar surface area (TPSA) is 43.6 Å². The van der Waals surface area contributed by atoms with Crippen LogP contribution in [0.15, 0.2) is 158 Å². The summed E-state index contributed by atoms with van der Waals surface area (Å²) >= 11 is 0. The molecule has 0 N–H and O–H groups in total. The molecule has 7 aromatic carbocycles. The van der Waals surface area contributed by atoms with Gasteiger partial charge in [0.05, 0.1) is 11.0 Å². The number of nitrogens with zero attached hydrogens (tertiary/aromatic N) is 4. The lowest BCUT2D eigenvalue weighted by molar-refractivity contribution is 0.954. The van der Waals surface area contributed by atoms with Gasteiger partial charge in [-0.15, -0.1) is 0 Å². The van der Waals surface area contributed by atoms with E-state index in [2.05, 4.69) is 150 Å². The molecule has 4 heteroatoms. The second kappa shape index (κ2) is 10.2. The highest BCUT2D eigenvalue weighted by Crippen LogP contribution is 2.36. The van der Waals surface area contributed by atoms with E-state index in [0.717, 1.165) is 44.1 Å². The van der Waals surface area contributed by atoms with E-state index in [-0.39, 0.29) is 0 Å². The molecule has 45 heavy (non-hydrogen) atoms. The average Bonchev–Trinajstić information content (AvgIpc) is 3.43. The Morgan fingerprint density at radius 1 is 0.356 bits per heavy atom. The minimum atomic E-state index is 0.590. The first-order valence-electron chi connectivity index (χ1n) is 15.1. The van der Waals surface area contributed by atoms with E-state index in [1.54, 1.807) is 0 Å². The van der Waals surface area contributed by atoms with Crippen molar-refractivity contribution >= 4 is 43.4 Å². The first-order valence-corrected chi connectivity index (χ1v) is 15.1. The predicted octanol–water partition coefficient (Wildman–Crippen LogP) is 10.3. The quantitative estimate of drug-likeness (QED) is 0.210. The van der Waals surface area contributed by atoms with Gasteiger partial charge >= 0.3 is 0 Å². The van der Waals surface area contributed by atoms with Crippen LogP contribution in [0, 0.1) is 0 Å². The summed E-state index contributed by atoms with van der Waals surface area (Å²) < 4.78 is 2.19. The molecule has 2 heterocycles. The molecular weight excluding hydrogens is 548 g/mol. The van der Waals surface area contributed by atoms with E-state index < -0.39 is 0 Å². The van der Waals surface area contributed by atoms with Crippen LogP contribution in [0.3, 0.4) is 0 Å². The monoisotopic (exact) mass is 574 g/mol. The van der Waals surface area contributed by atoms with Gasteiger partial charge in [0.2, 0.25) is 5.95 Å². The van der Waals surface area contributed by atoms with E-state index in [1.165, 1.54) is 21.5 Å². The molecule has 0 saturated heterocycles. The first-order chi connectivity index (χ1) is 22.3. The van der Waals surface area contributed by atoms with Crippen molar-refractivity contribution in [1.29, 1.82) is 0 Å². The molecule has 210 valence electrons. The smallest absolute Gasteiger partial charge is 0.238 e. The summed E-state index contributed by atoms with van der Waals surface area (Å²) in [4.78, 5) is 15.6. The number of hydrogen-bond acceptors (Lipinski definition) is 3. The lowest BCUT2D eigenvalue weighted by Crippen LogP contribution is -2.07. The third-order valence-corrected chi connectivity index (χ3v) is 8.62. The Hall–Kier alpha value is -6.13. The molecule has 4 nitrogen and oxygen atoms in total. The fraction of sp³-hybridized carbons (Fsp3) is 0. The molecule has 0 amide bonds. The fourth-order valence-electron chi connectivity index (χ4n) is 6.46. The van der Waals surface area contributed by atoms with Gasteiger partial charge in [-0.25, -0.2) is 4.98 Å². The van der Waals surface area contributed by atoms with Crippen molar-refractivity contribution in [1.82, 2.24) is 19.5 Å². The van der Waals surface area contributed by atoms with Gasteiger partial charge in [0, 0.05) is 21.9 Å². The van der Waals surface area contributed by atoms with Crippen LogP contribution in [0.4, 0.5) is 0 Å². The minimum Gasteiger partial charge on any atom is -0.278 e. The third kappa shape index (κ3) is 4.27. The number of aromatic nitrogens is 4. The van der Waals surface area contributed by atoms with Crippen molar-refractivity contribution in [2.45, 2.75) is 0 Å². The van der Waals surface area contributed by atoms with Crippen molar-refractivity contribution in [2.75, 3.05) is 0 Å². The van der Waals surface area contributed by atoms with E-state index in [9.17, 15) is 0 Å². The van der Waals surface area contributed by atoms with E-state index in [4.69, 9.17) is 15.0 Å². The van der Waals surface area contributed by atoms with Crippen molar-refractivity contribution in [3.05, 3.63) is 158 Å². The zero-order valence-electron chi connectivity index (χ0n) is 24.3. The minimum absolute atomic E-state index is 0.590. The first kappa shape index (κ1) is 25.4. The summed E-state index contributed by atoms with van der Waals surface area (Å²) in [6.45, 7) is 0. The normalized spacial score (nSPS) is 11.6. The Bertz CT molecular complexity index is 2550. The maximum atomic E-state index is 5.24. The van der Waals surface area contributed by atoms with Gasteiger partial charge in [-0.3, -0.25) is 4.57 Å². The number of benzene rings is 7. The number of hydrogen-bond donors (Lipinski definition) is 0. The lowest BCUT2D eigenvalue weighted by atomic mass is 9.99. The van der Waals surface area contributed by atoms with Crippen molar-refractivity contribution < 1.29 is 0 Å². The third-order valence-electron chi connectivity index (χ3n) is 8.62. The van der Waals surface area contributed by atoms with Gasteiger partial charge in [-0.1, -0.05) is 133 Å². The van der Waals surface area contributed by atoms with Crippen LogP contribution in [-0.4, -0.2) is 19.5 Å². The summed E-state index contributed by atoms with van der Waals surface area (Å²) in [5.74, 6) is 1.86. The van der Waals surface area contributed by atoms with Gasteiger partial charge in [0.25, 0.3) is 0 Å². The summed E-state index contributed by atoms with van der Waals surface area (Å²) in [5, 5.41) is 7.04. The maximum Gasteiger partial charge on any atom is 0.238 e. The number of fused-ring (bicyclic) bond motifs is 5. The molecule has 0 bridgehead atoms. The molecule has 2 aromatic heterocycles. The zero-order chi connectivity index (χ0) is 29.7. The molecule has 9 rings (SSSR count). The highest BCUT2D eigenvalue weighted by Gasteiger charge is 2.19. The van der Waals surface area contributed by atoms with Crippen LogP contribution in [0.1, 0.15) is 0 Å². The fourth-order valence-corrected chi connectivity index (χ4v) is 6.46. The Morgan fingerprint density at radius 3 is 1.80 bits per heavy atom. The summed E-state index contributed by atoms with van der Waals surface area (Å²) in [5.41, 5.74) is 6.22. The zero-order valence-corrected chi connectivity index (χ0v) is 24.3. The molecule has 9 aromatic rings. The SMILES string of the molecule is c1ccc(-c2ccccc2-c2nc(-c3ccc4ccccc4c3)nc(-n3c4ccccc4c4cc5ccccc5cc43)n2)cc1. The number of para-hydroxylation sites is 1. The van der Waals surface area contributed by atoms with Crippen LogP contribution in [0.2, 0.25) is 0 Å². The van der Waals surface area contributed by atoms with E-state index in [1.807, 2.05) is 12.1 Å². The summed E-state index contributed by atoms with van der Waals surface area (Å²) in [6.07, 6.45) is 0. The van der Waals surface area contributed by atoms with Crippen molar-refractivity contribution in [3.63, 3.8) is 0 Å². The largest absolute Gasteiger partial charge is 0.278 e. The number of rotatable bonds is 4. The van der Waals surface area contributed by atoms with Crippen LogP contribution in [-0.2, 0) is 0 Å². The molecule has 0 unspecified atom stereocenters. The molecule has 0 spiro atoms. The van der Waals surface area contributed by atoms with E-state index in [0.29, 0.717) is 17.6 Å². The predicted molar refractivity (Wildman–Crippen MR) is 185 cm³/mol. The highest BCUT2D eigenvalue weighted by atomic mass is 15.2. The Balaban J connectivity index is 1.36. The summed E-state index contributed by atoms with van der Waals surface area (Å²) in [6, 6.07) is 55.1. The second-order valence-corrected chi connectivity index (χ2v) is 11.3. The van der Waals surface area contributed by atoms with Crippen molar-refractivity contribution in [3.8, 4) is 39.9 Å². The highest BCUT2D eigenvalue weighted by molar-refractivity contribution is 6.13. The Morgan fingerprint density at radius 2 is 0.978 bits per heavy atom. The van der Waals surface area contributed by atoms with Crippen LogP contribution in [0.5, 0.6) is 0 Å². The summed E-state index contributed by atoms with van der Waals surface area (Å²) in [7, 11) is 0. The molecule has 0 radical (unpaired) electrons. The molecule has 0 atom stereocenters. The Kier molecular flexibility index (Phi) is 5.78. The molecule has 0 aliphatic carbocycles. The molecule has 0 fully saturated rings. The van der Waals surface area contributed by atoms with Gasteiger partial charge < -0.3 is 0 Å². The van der Waals surface area contributed by atoms with Gasteiger partial charge in [-0.05, 0) is 56.9 Å². The van der Waals surface area contributed by atoms with Gasteiger partial charge in [-0.2, -0.15) is 9.97 Å². The van der Waals surface area contributed by atoms with Crippen LogP contribution in [0.25, 0.3) is 83.2 Å². The van der Waals surface area contributed by atoms with Crippen LogP contribution >= 0.6 is 0 Å². The Labute approximate surface area is 259 Å². The second-order valence-electron chi connectivity index (χ2n) is 11.3. The molecular formula is C41H26N4.